The molecule has 0 aromatic heterocycles. The van der Waals surface area contributed by atoms with Gasteiger partial charge in [-0.05, 0) is 24.0 Å². The van der Waals surface area contributed by atoms with Crippen molar-refractivity contribution in [2.75, 3.05) is 6.54 Å². The minimum atomic E-state index is -3.24. The summed E-state index contributed by atoms with van der Waals surface area (Å²) >= 11 is 5.76. The molecule has 1 aliphatic carbocycles. The van der Waals surface area contributed by atoms with E-state index in [1.54, 1.807) is 4.31 Å². The van der Waals surface area contributed by atoms with Crippen LogP contribution in [-0.4, -0.2) is 25.3 Å². The number of rotatable bonds is 6. The lowest BCUT2D eigenvalue weighted by Crippen LogP contribution is -2.41. The number of sulfonamides is 1. The molecule has 0 heterocycles. The van der Waals surface area contributed by atoms with Crippen molar-refractivity contribution >= 4 is 21.6 Å². The molecule has 1 aliphatic rings. The van der Waals surface area contributed by atoms with Crippen molar-refractivity contribution in [3.05, 3.63) is 35.4 Å². The maximum Gasteiger partial charge on any atom is 0.218 e. The highest BCUT2D eigenvalue weighted by molar-refractivity contribution is 7.88. The van der Waals surface area contributed by atoms with E-state index >= 15 is 0 Å². The molecule has 0 bridgehead atoms. The first-order valence-electron chi connectivity index (χ1n) is 7.70. The summed E-state index contributed by atoms with van der Waals surface area (Å²) in [7, 11) is -3.24. The van der Waals surface area contributed by atoms with Crippen molar-refractivity contribution in [3.8, 4) is 0 Å². The zero-order chi connectivity index (χ0) is 15.3. The molecule has 1 saturated carbocycles. The van der Waals surface area contributed by atoms with E-state index < -0.39 is 10.0 Å². The average Bonchev–Trinajstić information content (AvgIpc) is 2.49. The lowest BCUT2D eigenvalue weighted by Gasteiger charge is -2.32. The highest BCUT2D eigenvalue weighted by Gasteiger charge is 2.29. The van der Waals surface area contributed by atoms with Gasteiger partial charge in [0.1, 0.15) is 0 Å². The normalized spacial score (nSPS) is 17.3. The molecule has 0 saturated heterocycles. The fourth-order valence-corrected chi connectivity index (χ4v) is 5.09. The SMILES string of the molecule is CCN(C1CCCCC1)S(=O)(=O)Cc1ccc(CCl)cc1. The molecule has 21 heavy (non-hydrogen) atoms. The Kier molecular flexibility index (Phi) is 6.08. The van der Waals surface area contributed by atoms with Crippen LogP contribution in [0.2, 0.25) is 0 Å². The van der Waals surface area contributed by atoms with Crippen molar-refractivity contribution in [2.45, 2.75) is 56.7 Å². The second-order valence-corrected chi connectivity index (χ2v) is 7.89. The molecule has 0 spiro atoms. The predicted octanol–water partition coefficient (Wildman–Crippen LogP) is 3.91. The molecule has 3 nitrogen and oxygen atoms in total. The predicted molar refractivity (Wildman–Crippen MR) is 87.9 cm³/mol. The van der Waals surface area contributed by atoms with E-state index in [0.29, 0.717) is 12.4 Å². The van der Waals surface area contributed by atoms with E-state index in [9.17, 15) is 8.42 Å². The Hall–Kier alpha value is -0.580. The van der Waals surface area contributed by atoms with Gasteiger partial charge in [0.25, 0.3) is 0 Å². The number of benzene rings is 1. The molecule has 0 unspecified atom stereocenters. The number of hydrogen-bond acceptors (Lipinski definition) is 2. The standard InChI is InChI=1S/C16H24ClNO2S/c1-2-18(16-6-4-3-5-7-16)21(19,20)13-15-10-8-14(12-17)9-11-15/h8-11,16H,2-7,12-13H2,1H3. The molecule has 1 aromatic rings. The van der Waals surface area contributed by atoms with Crippen LogP contribution in [0.4, 0.5) is 0 Å². The van der Waals surface area contributed by atoms with Gasteiger partial charge in [0, 0.05) is 18.5 Å². The molecular weight excluding hydrogens is 306 g/mol. The van der Waals surface area contributed by atoms with Gasteiger partial charge in [-0.1, -0.05) is 50.5 Å². The molecule has 1 aromatic carbocycles. The zero-order valence-corrected chi connectivity index (χ0v) is 14.2. The summed E-state index contributed by atoms with van der Waals surface area (Å²) in [6, 6.07) is 7.72. The van der Waals surface area contributed by atoms with Gasteiger partial charge >= 0.3 is 0 Å². The molecule has 5 heteroatoms. The number of halogens is 1. The van der Waals surface area contributed by atoms with Crippen LogP contribution >= 0.6 is 11.6 Å². The number of alkyl halides is 1. The minimum absolute atomic E-state index is 0.0832. The fraction of sp³-hybridized carbons (Fsp3) is 0.625. The van der Waals surface area contributed by atoms with E-state index in [1.165, 1.54) is 6.42 Å². The Morgan fingerprint density at radius 3 is 2.19 bits per heavy atom. The van der Waals surface area contributed by atoms with E-state index in [0.717, 1.165) is 36.8 Å². The maximum absolute atomic E-state index is 12.7. The van der Waals surface area contributed by atoms with Gasteiger partial charge in [0.2, 0.25) is 10.0 Å². The largest absolute Gasteiger partial charge is 0.218 e. The van der Waals surface area contributed by atoms with Gasteiger partial charge in [0.15, 0.2) is 0 Å². The summed E-state index contributed by atoms with van der Waals surface area (Å²) < 4.78 is 27.1. The molecular formula is C16H24ClNO2S. The molecule has 118 valence electrons. The van der Waals surface area contributed by atoms with E-state index in [1.807, 2.05) is 31.2 Å². The Morgan fingerprint density at radius 2 is 1.67 bits per heavy atom. The first kappa shape index (κ1) is 16.8. The quantitative estimate of drug-likeness (QED) is 0.742. The highest BCUT2D eigenvalue weighted by atomic mass is 35.5. The second kappa shape index (κ2) is 7.61. The van der Waals surface area contributed by atoms with Crippen molar-refractivity contribution in [3.63, 3.8) is 0 Å². The number of hydrogen-bond donors (Lipinski definition) is 0. The Labute approximate surface area is 133 Å². The summed E-state index contributed by atoms with van der Waals surface area (Å²) in [5.74, 6) is 0.538. The lowest BCUT2D eigenvalue weighted by molar-refractivity contribution is 0.261. The van der Waals surface area contributed by atoms with Crippen molar-refractivity contribution in [1.29, 1.82) is 0 Å². The van der Waals surface area contributed by atoms with Crippen LogP contribution in [0.5, 0.6) is 0 Å². The Morgan fingerprint density at radius 1 is 1.10 bits per heavy atom. The molecule has 0 atom stereocenters. The monoisotopic (exact) mass is 329 g/mol. The summed E-state index contributed by atoms with van der Waals surface area (Å²) in [6.45, 7) is 2.50. The summed E-state index contributed by atoms with van der Waals surface area (Å²) in [4.78, 5) is 0. The van der Waals surface area contributed by atoms with Crippen LogP contribution in [-0.2, 0) is 21.7 Å². The smallest absolute Gasteiger partial charge is 0.212 e. The van der Waals surface area contributed by atoms with E-state index in [4.69, 9.17) is 11.6 Å². The fourth-order valence-electron chi connectivity index (χ4n) is 3.07. The molecule has 0 aliphatic heterocycles. The van der Waals surface area contributed by atoms with Crippen LogP contribution in [0, 0.1) is 0 Å². The summed E-state index contributed by atoms with van der Waals surface area (Å²) in [5, 5.41) is 0. The van der Waals surface area contributed by atoms with Gasteiger partial charge in [-0.2, -0.15) is 4.31 Å². The Bertz CT molecular complexity index is 536. The van der Waals surface area contributed by atoms with Gasteiger partial charge < -0.3 is 0 Å². The number of nitrogens with zero attached hydrogens (tertiary/aromatic N) is 1. The summed E-state index contributed by atoms with van der Waals surface area (Å²) in [5.41, 5.74) is 1.84. The van der Waals surface area contributed by atoms with Crippen LogP contribution in [0.25, 0.3) is 0 Å². The van der Waals surface area contributed by atoms with Crippen LogP contribution < -0.4 is 0 Å². The molecule has 1 fully saturated rings. The summed E-state index contributed by atoms with van der Waals surface area (Å²) in [6.07, 6.45) is 5.51. The van der Waals surface area contributed by atoms with Gasteiger partial charge in [-0.3, -0.25) is 0 Å². The van der Waals surface area contributed by atoms with Gasteiger partial charge in [0.05, 0.1) is 5.75 Å². The van der Waals surface area contributed by atoms with E-state index in [2.05, 4.69) is 0 Å². The first-order valence-corrected chi connectivity index (χ1v) is 9.84. The lowest BCUT2D eigenvalue weighted by atomic mass is 9.95. The molecule has 0 N–H and O–H groups in total. The molecule has 2 rings (SSSR count). The third-order valence-electron chi connectivity index (χ3n) is 4.18. The average molecular weight is 330 g/mol. The van der Waals surface area contributed by atoms with Crippen LogP contribution in [0.3, 0.4) is 0 Å². The van der Waals surface area contributed by atoms with Crippen molar-refractivity contribution < 1.29 is 8.42 Å². The van der Waals surface area contributed by atoms with Gasteiger partial charge in [-0.15, -0.1) is 11.6 Å². The Balaban J connectivity index is 2.10. The zero-order valence-electron chi connectivity index (χ0n) is 12.6. The highest BCUT2D eigenvalue weighted by Crippen LogP contribution is 2.26. The topological polar surface area (TPSA) is 37.4 Å². The molecule has 0 amide bonds. The van der Waals surface area contributed by atoms with Crippen molar-refractivity contribution in [1.82, 2.24) is 4.31 Å². The van der Waals surface area contributed by atoms with Crippen molar-refractivity contribution in [2.24, 2.45) is 0 Å². The first-order chi connectivity index (χ1) is 10.1. The minimum Gasteiger partial charge on any atom is -0.212 e. The van der Waals surface area contributed by atoms with Gasteiger partial charge in [-0.25, -0.2) is 8.42 Å². The third kappa shape index (κ3) is 4.44. The van der Waals surface area contributed by atoms with Crippen LogP contribution in [0.15, 0.2) is 24.3 Å². The van der Waals surface area contributed by atoms with Crippen LogP contribution in [0.1, 0.15) is 50.2 Å². The van der Waals surface area contributed by atoms with E-state index in [-0.39, 0.29) is 11.8 Å². The molecule has 0 radical (unpaired) electrons. The third-order valence-corrected chi connectivity index (χ3v) is 6.45. The second-order valence-electron chi connectivity index (χ2n) is 5.70. The maximum atomic E-state index is 12.7.